The number of carbonyl (C=O) groups excluding carboxylic acids is 2. The molecular weight excluding hydrogens is 228 g/mol. The maximum atomic E-state index is 11.1. The molecule has 0 aliphatic heterocycles. The van der Waals surface area contributed by atoms with Gasteiger partial charge in [-0.05, 0) is 12.1 Å². The Hall–Kier alpha value is -2.36. The predicted octanol–water partition coefficient (Wildman–Crippen LogP) is 2.76. The Kier molecular flexibility index (Phi) is 3.28. The van der Waals surface area contributed by atoms with Crippen LogP contribution in [0.1, 0.15) is 13.8 Å². The molecule has 0 unspecified atom stereocenters. The summed E-state index contributed by atoms with van der Waals surface area (Å²) >= 11 is 0. The van der Waals surface area contributed by atoms with Crippen molar-refractivity contribution in [1.82, 2.24) is 0 Å². The minimum atomic E-state index is -0.118. The monoisotopic (exact) mass is 242 g/mol. The van der Waals surface area contributed by atoms with Crippen LogP contribution in [-0.4, -0.2) is 11.8 Å². The average Bonchev–Trinajstić information content (AvgIpc) is 2.29. The lowest BCUT2D eigenvalue weighted by Gasteiger charge is -2.10. The van der Waals surface area contributed by atoms with Crippen LogP contribution in [0, 0.1) is 0 Å². The first kappa shape index (κ1) is 12.1. The van der Waals surface area contributed by atoms with Gasteiger partial charge in [0, 0.05) is 36.0 Å². The van der Waals surface area contributed by atoms with Crippen molar-refractivity contribution in [2.45, 2.75) is 13.8 Å². The largest absolute Gasteiger partial charge is 0.326 e. The first-order chi connectivity index (χ1) is 8.58. The van der Waals surface area contributed by atoms with Gasteiger partial charge in [-0.15, -0.1) is 0 Å². The van der Waals surface area contributed by atoms with Gasteiger partial charge >= 0.3 is 0 Å². The second-order valence-corrected chi connectivity index (χ2v) is 4.07. The van der Waals surface area contributed by atoms with Gasteiger partial charge in [0.05, 0.1) is 0 Å². The Bertz CT molecular complexity index is 565. The van der Waals surface area contributed by atoms with Crippen LogP contribution in [0.4, 0.5) is 11.4 Å². The van der Waals surface area contributed by atoms with Gasteiger partial charge in [-0.1, -0.05) is 24.3 Å². The predicted molar refractivity (Wildman–Crippen MR) is 72.6 cm³/mol. The molecule has 2 rings (SSSR count). The highest BCUT2D eigenvalue weighted by atomic mass is 16.2. The van der Waals surface area contributed by atoms with E-state index in [1.165, 1.54) is 13.8 Å². The Labute approximate surface area is 105 Å². The molecule has 0 spiro atoms. The molecule has 0 aliphatic carbocycles. The molecule has 4 nitrogen and oxygen atoms in total. The van der Waals surface area contributed by atoms with Crippen LogP contribution >= 0.6 is 0 Å². The molecular formula is C14H14N2O2. The van der Waals surface area contributed by atoms with Crippen molar-refractivity contribution in [3.8, 4) is 0 Å². The number of hydrogen-bond acceptors (Lipinski definition) is 2. The van der Waals surface area contributed by atoms with Crippen molar-refractivity contribution < 1.29 is 9.59 Å². The van der Waals surface area contributed by atoms with E-state index >= 15 is 0 Å². The van der Waals surface area contributed by atoms with Crippen molar-refractivity contribution in [1.29, 1.82) is 0 Å². The Morgan fingerprint density at radius 3 is 1.50 bits per heavy atom. The highest BCUT2D eigenvalue weighted by molar-refractivity contribution is 6.08. The number of fused-ring (bicyclic) bond motifs is 1. The molecule has 0 aromatic heterocycles. The summed E-state index contributed by atoms with van der Waals surface area (Å²) in [6, 6.07) is 11.2. The summed E-state index contributed by atoms with van der Waals surface area (Å²) in [5.74, 6) is -0.236. The van der Waals surface area contributed by atoms with E-state index in [2.05, 4.69) is 10.6 Å². The van der Waals surface area contributed by atoms with E-state index in [9.17, 15) is 9.59 Å². The van der Waals surface area contributed by atoms with Gasteiger partial charge in [-0.25, -0.2) is 0 Å². The fourth-order valence-corrected chi connectivity index (χ4v) is 1.91. The minimum absolute atomic E-state index is 0.118. The molecule has 4 heteroatoms. The number of carbonyl (C=O) groups is 2. The molecule has 18 heavy (non-hydrogen) atoms. The Morgan fingerprint density at radius 1 is 0.778 bits per heavy atom. The normalized spacial score (nSPS) is 10.1. The minimum Gasteiger partial charge on any atom is -0.326 e. The number of anilines is 2. The highest BCUT2D eigenvalue weighted by Gasteiger charge is 2.06. The van der Waals surface area contributed by atoms with Gasteiger partial charge in [-0.3, -0.25) is 9.59 Å². The number of hydrogen-bond donors (Lipinski definition) is 2. The van der Waals surface area contributed by atoms with Crippen molar-refractivity contribution in [2.24, 2.45) is 0 Å². The summed E-state index contributed by atoms with van der Waals surface area (Å²) in [4.78, 5) is 22.3. The number of rotatable bonds is 2. The lowest BCUT2D eigenvalue weighted by molar-refractivity contribution is -0.115. The molecule has 0 bridgehead atoms. The summed E-state index contributed by atoms with van der Waals surface area (Å²) < 4.78 is 0. The average molecular weight is 242 g/mol. The standard InChI is InChI=1S/C14H14N2O2/c1-9(17)15-13-7-3-6-12-11(13)5-4-8-14(12)16-10(2)18/h3-8H,1-2H3,(H,15,17)(H,16,18). The van der Waals surface area contributed by atoms with Gasteiger partial charge in [-0.2, -0.15) is 0 Å². The zero-order valence-corrected chi connectivity index (χ0v) is 10.3. The number of benzene rings is 2. The molecule has 0 saturated carbocycles. The molecule has 2 N–H and O–H groups in total. The van der Waals surface area contributed by atoms with Gasteiger partial charge < -0.3 is 10.6 Å². The first-order valence-corrected chi connectivity index (χ1v) is 5.65. The summed E-state index contributed by atoms with van der Waals surface area (Å²) in [7, 11) is 0. The molecule has 2 aromatic rings. The van der Waals surface area contributed by atoms with Crippen LogP contribution in [0.3, 0.4) is 0 Å². The van der Waals surface area contributed by atoms with E-state index in [4.69, 9.17) is 0 Å². The van der Waals surface area contributed by atoms with Crippen LogP contribution in [0.25, 0.3) is 10.8 Å². The molecule has 0 atom stereocenters. The van der Waals surface area contributed by atoms with Crippen molar-refractivity contribution in [3.63, 3.8) is 0 Å². The SMILES string of the molecule is CC(=O)Nc1cccc2c(NC(C)=O)cccc12. The second-order valence-electron chi connectivity index (χ2n) is 4.07. The molecule has 2 aromatic carbocycles. The third kappa shape index (κ3) is 2.48. The second kappa shape index (κ2) is 4.87. The van der Waals surface area contributed by atoms with Crippen LogP contribution in [-0.2, 0) is 9.59 Å². The number of amides is 2. The summed E-state index contributed by atoms with van der Waals surface area (Å²) in [5.41, 5.74) is 1.49. The van der Waals surface area contributed by atoms with Crippen LogP contribution < -0.4 is 10.6 Å². The van der Waals surface area contributed by atoms with Crippen molar-refractivity contribution >= 4 is 34.0 Å². The number of nitrogens with one attached hydrogen (secondary N) is 2. The van der Waals surface area contributed by atoms with Crippen LogP contribution in [0.15, 0.2) is 36.4 Å². The van der Waals surface area contributed by atoms with Gasteiger partial charge in [0.25, 0.3) is 0 Å². The van der Waals surface area contributed by atoms with Gasteiger partial charge in [0.2, 0.25) is 11.8 Å². The maximum absolute atomic E-state index is 11.1. The zero-order chi connectivity index (χ0) is 13.1. The molecule has 0 saturated heterocycles. The molecule has 0 heterocycles. The molecule has 92 valence electrons. The summed E-state index contributed by atoms with van der Waals surface area (Å²) in [5, 5.41) is 7.36. The van der Waals surface area contributed by atoms with Crippen molar-refractivity contribution in [2.75, 3.05) is 10.6 Å². The van der Waals surface area contributed by atoms with E-state index in [0.29, 0.717) is 0 Å². The van der Waals surface area contributed by atoms with E-state index in [-0.39, 0.29) is 11.8 Å². The lowest BCUT2D eigenvalue weighted by atomic mass is 10.1. The summed E-state index contributed by atoms with van der Waals surface area (Å²) in [6.45, 7) is 2.94. The fourth-order valence-electron chi connectivity index (χ4n) is 1.91. The molecule has 0 fully saturated rings. The lowest BCUT2D eigenvalue weighted by Crippen LogP contribution is -2.08. The smallest absolute Gasteiger partial charge is 0.221 e. The summed E-state index contributed by atoms with van der Waals surface area (Å²) in [6.07, 6.45) is 0. The molecule has 0 radical (unpaired) electrons. The highest BCUT2D eigenvalue weighted by Crippen LogP contribution is 2.29. The topological polar surface area (TPSA) is 58.2 Å². The third-order valence-corrected chi connectivity index (χ3v) is 2.54. The van der Waals surface area contributed by atoms with Crippen molar-refractivity contribution in [3.05, 3.63) is 36.4 Å². The van der Waals surface area contributed by atoms with E-state index in [1.807, 2.05) is 36.4 Å². The van der Waals surface area contributed by atoms with E-state index in [0.717, 1.165) is 22.1 Å². The fraction of sp³-hybridized carbons (Fsp3) is 0.143. The first-order valence-electron chi connectivity index (χ1n) is 5.65. The molecule has 2 amide bonds. The van der Waals surface area contributed by atoms with Crippen LogP contribution in [0.2, 0.25) is 0 Å². The third-order valence-electron chi connectivity index (χ3n) is 2.54. The Balaban J connectivity index is 2.57. The molecule has 0 aliphatic rings. The zero-order valence-electron chi connectivity index (χ0n) is 10.3. The van der Waals surface area contributed by atoms with E-state index < -0.39 is 0 Å². The van der Waals surface area contributed by atoms with E-state index in [1.54, 1.807) is 0 Å². The van der Waals surface area contributed by atoms with Gasteiger partial charge in [0.15, 0.2) is 0 Å². The van der Waals surface area contributed by atoms with Gasteiger partial charge in [0.1, 0.15) is 0 Å². The Morgan fingerprint density at radius 2 is 1.17 bits per heavy atom. The quantitative estimate of drug-likeness (QED) is 0.850. The maximum Gasteiger partial charge on any atom is 0.221 e. The van der Waals surface area contributed by atoms with Crippen LogP contribution in [0.5, 0.6) is 0 Å².